The fourth-order valence-corrected chi connectivity index (χ4v) is 0.799. The number of ether oxygens (including phenoxy) is 1. The Kier molecular flexibility index (Phi) is 3.61. The Hall–Kier alpha value is -1.90. The molecule has 14 heavy (non-hydrogen) atoms. The van der Waals surface area contributed by atoms with Crippen molar-refractivity contribution in [2.75, 3.05) is 0 Å². The van der Waals surface area contributed by atoms with Gasteiger partial charge in [0.2, 0.25) is 0 Å². The van der Waals surface area contributed by atoms with Gasteiger partial charge in [-0.15, -0.1) is 0 Å². The van der Waals surface area contributed by atoms with Gasteiger partial charge in [0, 0.05) is 6.08 Å². The van der Waals surface area contributed by atoms with Crippen molar-refractivity contribution < 1.29 is 13.9 Å². The molecule has 0 spiro atoms. The Labute approximate surface area is 81.3 Å². The van der Waals surface area contributed by atoms with Crippen LogP contribution in [-0.4, -0.2) is 5.97 Å². The maximum absolute atomic E-state index is 12.5. The summed E-state index contributed by atoms with van der Waals surface area (Å²) >= 11 is 0. The van der Waals surface area contributed by atoms with Gasteiger partial charge in [-0.3, -0.25) is 0 Å². The molecule has 3 heteroatoms. The van der Waals surface area contributed by atoms with Crippen LogP contribution in [-0.2, 0) is 4.79 Å². The van der Waals surface area contributed by atoms with Gasteiger partial charge in [0.1, 0.15) is 11.6 Å². The zero-order valence-corrected chi connectivity index (χ0v) is 7.44. The number of rotatable bonds is 3. The van der Waals surface area contributed by atoms with Gasteiger partial charge in [-0.05, 0) is 24.3 Å². The molecule has 0 saturated carbocycles. The van der Waals surface area contributed by atoms with Gasteiger partial charge in [-0.1, -0.05) is 18.7 Å². The number of carbonyl (C=O) groups is 1. The topological polar surface area (TPSA) is 26.3 Å². The molecule has 0 aliphatic rings. The van der Waals surface area contributed by atoms with Crippen LogP contribution in [0.2, 0.25) is 0 Å². The lowest BCUT2D eigenvalue weighted by Crippen LogP contribution is -2.03. The summed E-state index contributed by atoms with van der Waals surface area (Å²) in [5, 5.41) is 0. The zero-order chi connectivity index (χ0) is 10.4. The van der Waals surface area contributed by atoms with Gasteiger partial charge in [-0.25, -0.2) is 9.18 Å². The predicted molar refractivity (Wildman–Crippen MR) is 51.4 cm³/mol. The molecule has 0 aliphatic heterocycles. The second-order valence-corrected chi connectivity index (χ2v) is 2.47. The van der Waals surface area contributed by atoms with E-state index in [9.17, 15) is 9.18 Å². The number of allylic oxidation sites excluding steroid dienone is 2. The van der Waals surface area contributed by atoms with Crippen LogP contribution in [0, 0.1) is 5.82 Å². The van der Waals surface area contributed by atoms with Crippen molar-refractivity contribution >= 4 is 5.97 Å². The van der Waals surface area contributed by atoms with E-state index >= 15 is 0 Å². The Morgan fingerprint density at radius 1 is 1.36 bits per heavy atom. The highest BCUT2D eigenvalue weighted by Gasteiger charge is 1.99. The lowest BCUT2D eigenvalue weighted by molar-refractivity contribution is -0.128. The minimum Gasteiger partial charge on any atom is -0.423 e. The Bertz CT molecular complexity index is 352. The average molecular weight is 192 g/mol. The van der Waals surface area contributed by atoms with Gasteiger partial charge >= 0.3 is 5.97 Å². The number of carbonyl (C=O) groups excluding carboxylic acids is 1. The summed E-state index contributed by atoms with van der Waals surface area (Å²) < 4.78 is 17.3. The maximum atomic E-state index is 12.5. The van der Waals surface area contributed by atoms with Gasteiger partial charge in [-0.2, -0.15) is 0 Å². The summed E-state index contributed by atoms with van der Waals surface area (Å²) in [6.07, 6.45) is 4.16. The third kappa shape index (κ3) is 3.23. The molecule has 0 amide bonds. The fraction of sp³-hybridized carbons (Fsp3) is 0. The third-order valence-corrected chi connectivity index (χ3v) is 1.40. The van der Waals surface area contributed by atoms with Gasteiger partial charge in [0.15, 0.2) is 0 Å². The molecule has 0 fully saturated rings. The molecule has 0 aliphatic carbocycles. The van der Waals surface area contributed by atoms with E-state index in [-0.39, 0.29) is 5.82 Å². The second kappa shape index (κ2) is 4.97. The molecule has 1 aromatic carbocycles. The zero-order valence-electron chi connectivity index (χ0n) is 7.44. The molecule has 0 radical (unpaired) electrons. The first-order chi connectivity index (χ1) is 6.72. The number of benzene rings is 1. The van der Waals surface area contributed by atoms with Crippen LogP contribution in [0.25, 0.3) is 0 Å². The molecule has 0 heterocycles. The maximum Gasteiger partial charge on any atom is 0.336 e. The third-order valence-electron chi connectivity index (χ3n) is 1.40. The molecule has 2 nitrogen and oxygen atoms in total. The lowest BCUT2D eigenvalue weighted by Gasteiger charge is -1.99. The van der Waals surface area contributed by atoms with Crippen molar-refractivity contribution in [3.05, 3.63) is 54.9 Å². The van der Waals surface area contributed by atoms with Crippen molar-refractivity contribution in [1.82, 2.24) is 0 Å². The van der Waals surface area contributed by atoms with Crippen LogP contribution in [0.4, 0.5) is 4.39 Å². The van der Waals surface area contributed by atoms with Crippen molar-refractivity contribution in [3.63, 3.8) is 0 Å². The number of halogens is 1. The highest BCUT2D eigenvalue weighted by molar-refractivity contribution is 5.84. The molecule has 1 rings (SSSR count). The number of hydrogen-bond acceptors (Lipinski definition) is 2. The fourth-order valence-electron chi connectivity index (χ4n) is 0.799. The molecule has 0 bridgehead atoms. The molecule has 72 valence electrons. The quantitative estimate of drug-likeness (QED) is 0.318. The molecule has 1 aromatic rings. The van der Waals surface area contributed by atoms with E-state index < -0.39 is 5.97 Å². The van der Waals surface area contributed by atoms with Crippen molar-refractivity contribution in [2.24, 2.45) is 0 Å². The van der Waals surface area contributed by atoms with Crippen LogP contribution in [0.3, 0.4) is 0 Å². The van der Waals surface area contributed by atoms with Crippen molar-refractivity contribution in [1.29, 1.82) is 0 Å². The van der Waals surface area contributed by atoms with Gasteiger partial charge in [0.05, 0.1) is 0 Å². The van der Waals surface area contributed by atoms with E-state index in [1.54, 1.807) is 0 Å². The minimum atomic E-state index is -0.517. The first-order valence-corrected chi connectivity index (χ1v) is 3.99. The highest BCUT2D eigenvalue weighted by atomic mass is 19.1. The van der Waals surface area contributed by atoms with E-state index in [1.165, 1.54) is 42.5 Å². The summed E-state index contributed by atoms with van der Waals surface area (Å²) in [4.78, 5) is 11.0. The molecule has 0 N–H and O–H groups in total. The van der Waals surface area contributed by atoms with Crippen LogP contribution < -0.4 is 4.74 Å². The number of esters is 1. The molecular formula is C11H9FO2. The second-order valence-electron chi connectivity index (χ2n) is 2.47. The SMILES string of the molecule is C=CC=CC(=O)Oc1ccc(F)cc1. The van der Waals surface area contributed by atoms with E-state index in [0.29, 0.717) is 5.75 Å². The monoisotopic (exact) mass is 192 g/mol. The summed E-state index contributed by atoms with van der Waals surface area (Å²) in [7, 11) is 0. The smallest absolute Gasteiger partial charge is 0.336 e. The summed E-state index contributed by atoms with van der Waals surface area (Å²) in [5.74, 6) is -0.576. The standard InChI is InChI=1S/C11H9FO2/c1-2-3-4-11(13)14-10-7-5-9(12)6-8-10/h2-8H,1H2. The van der Waals surface area contributed by atoms with E-state index in [1.807, 2.05) is 0 Å². The molecule has 0 aromatic heterocycles. The van der Waals surface area contributed by atoms with Crippen molar-refractivity contribution in [2.45, 2.75) is 0 Å². The molecule has 0 saturated heterocycles. The highest BCUT2D eigenvalue weighted by Crippen LogP contribution is 2.11. The van der Waals surface area contributed by atoms with E-state index in [4.69, 9.17) is 4.74 Å². The molecule has 0 unspecified atom stereocenters. The lowest BCUT2D eigenvalue weighted by atomic mass is 10.3. The Balaban J connectivity index is 2.60. The summed E-state index contributed by atoms with van der Waals surface area (Å²) in [6, 6.07) is 5.21. The van der Waals surface area contributed by atoms with Gasteiger partial charge in [0.25, 0.3) is 0 Å². The summed E-state index contributed by atoms with van der Waals surface area (Å²) in [5.41, 5.74) is 0. The summed E-state index contributed by atoms with van der Waals surface area (Å²) in [6.45, 7) is 3.41. The average Bonchev–Trinajstić information content (AvgIpc) is 2.18. The molecule has 0 atom stereocenters. The first-order valence-electron chi connectivity index (χ1n) is 3.99. The Morgan fingerprint density at radius 2 is 2.00 bits per heavy atom. The van der Waals surface area contributed by atoms with E-state index in [0.717, 1.165) is 0 Å². The first kappa shape index (κ1) is 10.2. The normalized spacial score (nSPS) is 10.1. The number of hydrogen-bond donors (Lipinski definition) is 0. The van der Waals surface area contributed by atoms with Crippen LogP contribution in [0.15, 0.2) is 49.1 Å². The minimum absolute atomic E-state index is 0.310. The van der Waals surface area contributed by atoms with Crippen LogP contribution in [0.1, 0.15) is 0 Å². The van der Waals surface area contributed by atoms with E-state index in [2.05, 4.69) is 6.58 Å². The molecular weight excluding hydrogens is 183 g/mol. The van der Waals surface area contributed by atoms with Crippen LogP contribution >= 0.6 is 0 Å². The van der Waals surface area contributed by atoms with Crippen LogP contribution in [0.5, 0.6) is 5.75 Å². The largest absolute Gasteiger partial charge is 0.423 e. The Morgan fingerprint density at radius 3 is 2.57 bits per heavy atom. The van der Waals surface area contributed by atoms with Gasteiger partial charge < -0.3 is 4.74 Å². The predicted octanol–water partition coefficient (Wildman–Crippen LogP) is 2.47. The van der Waals surface area contributed by atoms with Crippen molar-refractivity contribution in [3.8, 4) is 5.75 Å².